The average Bonchev–Trinajstić information content (AvgIpc) is 2.30. The molecule has 0 rings (SSSR count). The highest BCUT2D eigenvalue weighted by Crippen LogP contribution is 2.24. The second-order valence-corrected chi connectivity index (χ2v) is 2.71. The van der Waals surface area contributed by atoms with Crippen molar-refractivity contribution in [3.8, 4) is 0 Å². The van der Waals surface area contributed by atoms with Crippen LogP contribution < -0.4 is 0 Å². The zero-order valence-electron chi connectivity index (χ0n) is 10.1. The Labute approximate surface area is 90.3 Å². The third-order valence-electron chi connectivity index (χ3n) is 2.17. The molecular weight excluding hydrogens is 204 g/mol. The molecule has 0 spiro atoms. The van der Waals surface area contributed by atoms with Gasteiger partial charge in [-0.25, -0.2) is 0 Å². The van der Waals surface area contributed by atoms with E-state index in [1.807, 2.05) is 0 Å². The maximum Gasteiger partial charge on any atom is 0.315 e. The van der Waals surface area contributed by atoms with Crippen molar-refractivity contribution < 1.29 is 28.4 Å². The Morgan fingerprint density at radius 1 is 0.667 bits per heavy atom. The van der Waals surface area contributed by atoms with E-state index in [0.29, 0.717) is 0 Å². The highest BCUT2D eigenvalue weighted by atomic mass is 16.9. The van der Waals surface area contributed by atoms with Crippen LogP contribution in [0.15, 0.2) is 0 Å². The number of methoxy groups -OCH3 is 6. The minimum absolute atomic E-state index is 0.658. The van der Waals surface area contributed by atoms with Crippen molar-refractivity contribution in [2.45, 2.75) is 18.4 Å². The van der Waals surface area contributed by atoms with Gasteiger partial charge in [0.25, 0.3) is 0 Å². The molecule has 0 radical (unpaired) electrons. The first-order valence-corrected chi connectivity index (χ1v) is 4.39. The summed E-state index contributed by atoms with van der Waals surface area (Å²) in [7, 11) is 8.81. The number of hydrogen-bond acceptors (Lipinski definition) is 6. The van der Waals surface area contributed by atoms with Crippen LogP contribution in [0.3, 0.4) is 0 Å². The van der Waals surface area contributed by atoms with Gasteiger partial charge in [-0.3, -0.25) is 0 Å². The lowest BCUT2D eigenvalue weighted by Gasteiger charge is -2.37. The monoisotopic (exact) mass is 224 g/mol. The maximum atomic E-state index is 5.21. The topological polar surface area (TPSA) is 55.4 Å². The molecule has 1 unspecified atom stereocenters. The molecule has 92 valence electrons. The third kappa shape index (κ3) is 3.10. The number of rotatable bonds is 8. The van der Waals surface area contributed by atoms with Gasteiger partial charge < -0.3 is 28.4 Å². The lowest BCUT2D eigenvalue weighted by molar-refractivity contribution is -0.415. The normalized spacial score (nSPS) is 14.6. The first kappa shape index (κ1) is 14.8. The molecule has 0 heterocycles. The van der Waals surface area contributed by atoms with Crippen LogP contribution in [0, 0.1) is 0 Å². The summed E-state index contributed by atoms with van der Waals surface area (Å²) >= 11 is 0. The van der Waals surface area contributed by atoms with E-state index in [1.165, 1.54) is 42.7 Å². The van der Waals surface area contributed by atoms with E-state index in [1.54, 1.807) is 0 Å². The Hall–Kier alpha value is -0.240. The Balaban J connectivity index is 4.86. The molecule has 0 aromatic heterocycles. The fourth-order valence-electron chi connectivity index (χ4n) is 1.36. The first-order valence-electron chi connectivity index (χ1n) is 4.39. The van der Waals surface area contributed by atoms with E-state index in [4.69, 9.17) is 28.4 Å². The van der Waals surface area contributed by atoms with Gasteiger partial charge >= 0.3 is 5.97 Å². The van der Waals surface area contributed by atoms with Crippen LogP contribution in [0.25, 0.3) is 0 Å². The van der Waals surface area contributed by atoms with Gasteiger partial charge in [0.05, 0.1) is 0 Å². The van der Waals surface area contributed by atoms with E-state index in [0.717, 1.165) is 0 Å². The smallest absolute Gasteiger partial charge is 0.315 e. The molecule has 0 saturated heterocycles. The molecule has 0 fully saturated rings. The molecule has 0 aliphatic heterocycles. The van der Waals surface area contributed by atoms with Crippen LogP contribution in [0.5, 0.6) is 0 Å². The van der Waals surface area contributed by atoms with Gasteiger partial charge in [-0.1, -0.05) is 0 Å². The van der Waals surface area contributed by atoms with Crippen LogP contribution in [0.4, 0.5) is 0 Å². The molecule has 0 aromatic rings. The molecule has 0 bridgehead atoms. The van der Waals surface area contributed by atoms with E-state index < -0.39 is 18.4 Å². The average molecular weight is 224 g/mol. The summed E-state index contributed by atoms with van der Waals surface area (Å²) in [5.41, 5.74) is 0. The summed E-state index contributed by atoms with van der Waals surface area (Å²) < 4.78 is 30.8. The summed E-state index contributed by atoms with van der Waals surface area (Å²) in [5.74, 6) is -1.36. The Bertz CT molecular complexity index is 146. The highest BCUT2D eigenvalue weighted by molar-refractivity contribution is 4.74. The fourth-order valence-corrected chi connectivity index (χ4v) is 1.36. The molecule has 0 aliphatic carbocycles. The summed E-state index contributed by atoms with van der Waals surface area (Å²) in [6.07, 6.45) is -1.33. The minimum atomic E-state index is -1.36. The predicted octanol–water partition coefficient (Wildman–Crippen LogP) is 0.213. The van der Waals surface area contributed by atoms with Gasteiger partial charge in [-0.15, -0.1) is 0 Å². The molecule has 0 N–H and O–H groups in total. The van der Waals surface area contributed by atoms with Crippen LogP contribution in [-0.2, 0) is 28.4 Å². The largest absolute Gasteiger partial charge is 0.368 e. The zero-order chi connectivity index (χ0) is 11.9. The molecule has 15 heavy (non-hydrogen) atoms. The molecule has 6 nitrogen and oxygen atoms in total. The highest BCUT2D eigenvalue weighted by Gasteiger charge is 2.46. The summed E-state index contributed by atoms with van der Waals surface area (Å²) in [6.45, 7) is 0. The van der Waals surface area contributed by atoms with Gasteiger partial charge in [-0.2, -0.15) is 0 Å². The van der Waals surface area contributed by atoms with Crippen molar-refractivity contribution in [2.75, 3.05) is 42.7 Å². The zero-order valence-corrected chi connectivity index (χ0v) is 10.1. The Morgan fingerprint density at radius 2 is 1.07 bits per heavy atom. The van der Waals surface area contributed by atoms with E-state index >= 15 is 0 Å². The summed E-state index contributed by atoms with van der Waals surface area (Å²) in [4.78, 5) is 0. The fraction of sp³-hybridized carbons (Fsp3) is 1.00. The van der Waals surface area contributed by atoms with Gasteiger partial charge in [0.15, 0.2) is 12.4 Å². The SMILES string of the molecule is COC(OC)C(OC)C(OC)(OC)OC. The lowest BCUT2D eigenvalue weighted by Crippen LogP contribution is -2.55. The van der Waals surface area contributed by atoms with Crippen molar-refractivity contribution in [1.29, 1.82) is 0 Å². The van der Waals surface area contributed by atoms with Crippen molar-refractivity contribution in [3.63, 3.8) is 0 Å². The second kappa shape index (κ2) is 7.10. The van der Waals surface area contributed by atoms with E-state index in [2.05, 4.69) is 0 Å². The quantitative estimate of drug-likeness (QED) is 0.549. The van der Waals surface area contributed by atoms with Crippen LogP contribution in [0.1, 0.15) is 0 Å². The van der Waals surface area contributed by atoms with Gasteiger partial charge in [0, 0.05) is 42.7 Å². The Kier molecular flexibility index (Phi) is 6.99. The van der Waals surface area contributed by atoms with Crippen molar-refractivity contribution >= 4 is 0 Å². The van der Waals surface area contributed by atoms with Gasteiger partial charge in [0.2, 0.25) is 0 Å². The van der Waals surface area contributed by atoms with Crippen LogP contribution in [-0.4, -0.2) is 61.0 Å². The molecule has 0 aromatic carbocycles. The van der Waals surface area contributed by atoms with Crippen molar-refractivity contribution in [3.05, 3.63) is 0 Å². The van der Waals surface area contributed by atoms with Crippen molar-refractivity contribution in [1.82, 2.24) is 0 Å². The Morgan fingerprint density at radius 3 is 1.27 bits per heavy atom. The maximum absolute atomic E-state index is 5.21. The van der Waals surface area contributed by atoms with E-state index in [-0.39, 0.29) is 0 Å². The lowest BCUT2D eigenvalue weighted by atomic mass is 10.2. The minimum Gasteiger partial charge on any atom is -0.368 e. The standard InChI is InChI=1S/C9H20O6/c1-10-7(8(11-2)12-3)9(13-4,14-5)15-6/h7-8H,1-6H3. The van der Waals surface area contributed by atoms with Crippen molar-refractivity contribution in [2.24, 2.45) is 0 Å². The number of hydrogen-bond donors (Lipinski definition) is 0. The number of ether oxygens (including phenoxy) is 6. The van der Waals surface area contributed by atoms with Crippen LogP contribution in [0.2, 0.25) is 0 Å². The second-order valence-electron chi connectivity index (χ2n) is 2.71. The summed E-state index contributed by atoms with van der Waals surface area (Å²) in [5, 5.41) is 0. The predicted molar refractivity (Wildman–Crippen MR) is 52.4 cm³/mol. The molecule has 6 heteroatoms. The molecule has 0 amide bonds. The molecular formula is C9H20O6. The first-order chi connectivity index (χ1) is 7.15. The summed E-state index contributed by atoms with van der Waals surface area (Å²) in [6, 6.07) is 0. The molecule has 1 atom stereocenters. The molecule has 0 aliphatic rings. The van der Waals surface area contributed by atoms with E-state index in [9.17, 15) is 0 Å². The molecule has 0 saturated carbocycles. The van der Waals surface area contributed by atoms with Gasteiger partial charge in [0.1, 0.15) is 0 Å². The third-order valence-corrected chi connectivity index (χ3v) is 2.17. The van der Waals surface area contributed by atoms with Crippen LogP contribution >= 0.6 is 0 Å². The van der Waals surface area contributed by atoms with Gasteiger partial charge in [-0.05, 0) is 0 Å².